The second-order valence-corrected chi connectivity index (χ2v) is 9.19. The van der Waals surface area contributed by atoms with Gasteiger partial charge >= 0.3 is 0 Å². The molecule has 2 N–H and O–H groups in total. The smallest absolute Gasteiger partial charge is 0.236 e. The van der Waals surface area contributed by atoms with Crippen LogP contribution in [-0.2, 0) is 21.5 Å². The van der Waals surface area contributed by atoms with Gasteiger partial charge < -0.3 is 19.9 Å². The summed E-state index contributed by atoms with van der Waals surface area (Å²) >= 11 is 0. The van der Waals surface area contributed by atoms with E-state index in [-0.39, 0.29) is 29.4 Å². The molecule has 29 heavy (non-hydrogen) atoms. The molecule has 1 aromatic heterocycles. The van der Waals surface area contributed by atoms with Crippen LogP contribution < -0.4 is 0 Å². The monoisotopic (exact) mass is 401 g/mol. The highest BCUT2D eigenvalue weighted by atomic mass is 16.3. The summed E-state index contributed by atoms with van der Waals surface area (Å²) in [6.07, 6.45) is 7.53. The van der Waals surface area contributed by atoms with Gasteiger partial charge in [0, 0.05) is 44.2 Å². The Hall–Kier alpha value is -1.93. The summed E-state index contributed by atoms with van der Waals surface area (Å²) in [4.78, 5) is 39.9. The molecule has 3 fully saturated rings. The number of carbonyl (C=O) groups is 2. The molecule has 0 bridgehead atoms. The Morgan fingerprint density at radius 3 is 2.69 bits per heavy atom. The van der Waals surface area contributed by atoms with Crippen molar-refractivity contribution in [2.24, 2.45) is 5.92 Å². The molecule has 2 saturated heterocycles. The number of hydrogen-bond acceptors (Lipinski definition) is 5. The minimum atomic E-state index is -0.370. The highest BCUT2D eigenvalue weighted by Gasteiger charge is 2.51. The molecule has 1 aromatic rings. The van der Waals surface area contributed by atoms with Crippen LogP contribution in [0.15, 0.2) is 6.33 Å². The second kappa shape index (κ2) is 7.40. The van der Waals surface area contributed by atoms with E-state index < -0.39 is 0 Å². The summed E-state index contributed by atoms with van der Waals surface area (Å²) in [7, 11) is 0. The average molecular weight is 402 g/mol. The largest absolute Gasteiger partial charge is 0.392 e. The zero-order chi connectivity index (χ0) is 20.0. The van der Waals surface area contributed by atoms with Crippen LogP contribution in [-0.4, -0.2) is 87.0 Å². The lowest BCUT2D eigenvalue weighted by Gasteiger charge is -2.50. The van der Waals surface area contributed by atoms with E-state index in [1.165, 1.54) is 0 Å². The van der Waals surface area contributed by atoms with E-state index in [4.69, 9.17) is 0 Å². The first-order valence-corrected chi connectivity index (χ1v) is 11.1. The maximum absolute atomic E-state index is 13.1. The second-order valence-electron chi connectivity index (χ2n) is 9.19. The number of aliphatic hydroxyl groups excluding tert-OH is 1. The molecule has 8 nitrogen and oxygen atoms in total. The number of likely N-dealkylation sites (tertiary alicyclic amines) is 2. The summed E-state index contributed by atoms with van der Waals surface area (Å²) in [5, 5.41) is 9.86. The molecule has 0 aromatic carbocycles. The lowest BCUT2D eigenvalue weighted by Crippen LogP contribution is -2.59. The number of carbonyl (C=O) groups excluding carboxylic acids is 2. The van der Waals surface area contributed by atoms with Gasteiger partial charge in [-0.25, -0.2) is 4.98 Å². The lowest BCUT2D eigenvalue weighted by molar-refractivity contribution is -0.146. The van der Waals surface area contributed by atoms with Crippen molar-refractivity contribution in [3.63, 3.8) is 0 Å². The Balaban J connectivity index is 1.29. The third-order valence-electron chi connectivity index (χ3n) is 7.24. The number of β-amino-alcohol motifs (C(OH)–C–C–N with tert-alkyl or cyclic N) is 1. The maximum Gasteiger partial charge on any atom is 0.236 e. The van der Waals surface area contributed by atoms with Gasteiger partial charge in [0.2, 0.25) is 11.8 Å². The Kier molecular flexibility index (Phi) is 4.86. The number of aliphatic hydroxyl groups is 1. The summed E-state index contributed by atoms with van der Waals surface area (Å²) in [5.41, 5.74) is 1.79. The number of amides is 2. The zero-order valence-electron chi connectivity index (χ0n) is 17.0. The molecule has 1 saturated carbocycles. The molecule has 8 heteroatoms. The van der Waals surface area contributed by atoms with Gasteiger partial charge in [-0.15, -0.1) is 0 Å². The number of aromatic nitrogens is 2. The van der Waals surface area contributed by atoms with Crippen LogP contribution in [0.5, 0.6) is 0 Å². The first-order chi connectivity index (χ1) is 14.1. The van der Waals surface area contributed by atoms with Gasteiger partial charge in [0.05, 0.1) is 30.2 Å². The molecule has 158 valence electrons. The van der Waals surface area contributed by atoms with E-state index in [1.807, 2.05) is 4.90 Å². The Labute approximate surface area is 171 Å². The van der Waals surface area contributed by atoms with E-state index in [9.17, 15) is 14.7 Å². The van der Waals surface area contributed by atoms with Gasteiger partial charge in [0.1, 0.15) is 0 Å². The summed E-state index contributed by atoms with van der Waals surface area (Å²) in [6, 6.07) is 0. The molecule has 1 atom stereocenters. The number of nitrogens with zero attached hydrogens (tertiary/aromatic N) is 4. The molecule has 1 spiro atoms. The quantitative estimate of drug-likeness (QED) is 0.769. The van der Waals surface area contributed by atoms with Gasteiger partial charge in [-0.05, 0) is 45.1 Å². The first kappa shape index (κ1) is 19.1. The zero-order valence-corrected chi connectivity index (χ0v) is 17.0. The molecule has 0 unspecified atom stereocenters. The highest BCUT2D eigenvalue weighted by molar-refractivity contribution is 5.82. The third-order valence-corrected chi connectivity index (χ3v) is 7.24. The standard InChI is InChI=1S/C21H31N5O3/c27-16-2-1-8-24(12-16)13-18(28)25-10-6-21(7-11-25)19-17(22-14-23-19)5-9-26(21)20(29)15-3-4-15/h14-16,27H,1-13H2,(H,22,23)/t16-/m0/s1. The van der Waals surface area contributed by atoms with Crippen molar-refractivity contribution in [3.05, 3.63) is 17.7 Å². The minimum Gasteiger partial charge on any atom is -0.392 e. The Morgan fingerprint density at radius 1 is 1.17 bits per heavy atom. The topological polar surface area (TPSA) is 92.8 Å². The molecule has 3 aliphatic heterocycles. The SMILES string of the molecule is O=C(CN1CCC[C@H](O)C1)N1CCC2(CC1)c1nc[nH]c1CCN2C(=O)C1CC1. The van der Waals surface area contributed by atoms with Gasteiger partial charge in [-0.2, -0.15) is 0 Å². The van der Waals surface area contributed by atoms with Crippen molar-refractivity contribution in [2.45, 2.75) is 56.6 Å². The van der Waals surface area contributed by atoms with Crippen molar-refractivity contribution in [2.75, 3.05) is 39.3 Å². The van der Waals surface area contributed by atoms with Crippen LogP contribution in [0.25, 0.3) is 0 Å². The van der Waals surface area contributed by atoms with Gasteiger partial charge in [-0.3, -0.25) is 14.5 Å². The van der Waals surface area contributed by atoms with Crippen molar-refractivity contribution in [1.82, 2.24) is 24.7 Å². The fourth-order valence-corrected chi connectivity index (χ4v) is 5.45. The number of rotatable bonds is 3. The number of H-pyrrole nitrogens is 1. The van der Waals surface area contributed by atoms with Crippen LogP contribution >= 0.6 is 0 Å². The maximum atomic E-state index is 13.1. The fourth-order valence-electron chi connectivity index (χ4n) is 5.45. The number of nitrogens with one attached hydrogen (secondary N) is 1. The van der Waals surface area contributed by atoms with Crippen molar-refractivity contribution >= 4 is 11.8 Å². The van der Waals surface area contributed by atoms with Gasteiger partial charge in [0.25, 0.3) is 0 Å². The van der Waals surface area contributed by atoms with Crippen LogP contribution in [0.2, 0.25) is 0 Å². The normalized spacial score (nSPS) is 27.1. The predicted octanol–water partition coefficient (Wildman–Crippen LogP) is 0.479. The molecule has 4 aliphatic rings. The molecule has 0 radical (unpaired) electrons. The lowest BCUT2D eigenvalue weighted by atomic mass is 9.78. The van der Waals surface area contributed by atoms with Crippen molar-refractivity contribution < 1.29 is 14.7 Å². The van der Waals surface area contributed by atoms with E-state index >= 15 is 0 Å². The van der Waals surface area contributed by atoms with E-state index in [0.29, 0.717) is 26.2 Å². The number of aromatic amines is 1. The Morgan fingerprint density at radius 2 is 1.97 bits per heavy atom. The predicted molar refractivity (Wildman–Crippen MR) is 106 cm³/mol. The number of imidazole rings is 1. The third kappa shape index (κ3) is 3.46. The minimum absolute atomic E-state index is 0.132. The Bertz CT molecular complexity index is 781. The number of fused-ring (bicyclic) bond motifs is 2. The van der Waals surface area contributed by atoms with E-state index in [1.54, 1.807) is 6.33 Å². The number of piperidine rings is 2. The highest BCUT2D eigenvalue weighted by Crippen LogP contribution is 2.45. The van der Waals surface area contributed by atoms with Gasteiger partial charge in [0.15, 0.2) is 0 Å². The molecule has 5 rings (SSSR count). The van der Waals surface area contributed by atoms with Gasteiger partial charge in [-0.1, -0.05) is 0 Å². The van der Waals surface area contributed by atoms with Crippen LogP contribution in [0.4, 0.5) is 0 Å². The van der Waals surface area contributed by atoms with Crippen molar-refractivity contribution in [3.8, 4) is 0 Å². The average Bonchev–Trinajstić information content (AvgIpc) is 3.45. The summed E-state index contributed by atoms with van der Waals surface area (Å²) < 4.78 is 0. The van der Waals surface area contributed by atoms with Crippen LogP contribution in [0.1, 0.15) is 49.9 Å². The van der Waals surface area contributed by atoms with E-state index in [2.05, 4.69) is 19.8 Å². The van der Waals surface area contributed by atoms with Crippen LogP contribution in [0, 0.1) is 5.92 Å². The molecular weight excluding hydrogens is 370 g/mol. The molecule has 4 heterocycles. The fraction of sp³-hybridized carbons (Fsp3) is 0.762. The summed E-state index contributed by atoms with van der Waals surface area (Å²) in [5.74, 6) is 0.602. The number of hydrogen-bond donors (Lipinski definition) is 2. The molecule has 1 aliphatic carbocycles. The van der Waals surface area contributed by atoms with E-state index in [0.717, 1.165) is 69.4 Å². The molecular formula is C21H31N5O3. The molecule has 2 amide bonds. The summed E-state index contributed by atoms with van der Waals surface area (Å²) in [6.45, 7) is 3.88. The van der Waals surface area contributed by atoms with Crippen LogP contribution in [0.3, 0.4) is 0 Å². The first-order valence-electron chi connectivity index (χ1n) is 11.1. The van der Waals surface area contributed by atoms with Crippen molar-refractivity contribution in [1.29, 1.82) is 0 Å².